The van der Waals surface area contributed by atoms with Crippen molar-refractivity contribution in [2.24, 2.45) is 10.2 Å². The summed E-state index contributed by atoms with van der Waals surface area (Å²) in [5, 5.41) is 18.6. The lowest BCUT2D eigenvalue weighted by Gasteiger charge is -2.47. The van der Waals surface area contributed by atoms with Gasteiger partial charge >= 0.3 is 0 Å². The van der Waals surface area contributed by atoms with Crippen LogP contribution in [0.5, 0.6) is 0 Å². The average Bonchev–Trinajstić information content (AvgIpc) is 2.82. The van der Waals surface area contributed by atoms with Gasteiger partial charge in [-0.15, -0.1) is 0 Å². The molecular weight excluding hydrogens is 438 g/mol. The summed E-state index contributed by atoms with van der Waals surface area (Å²) >= 11 is 0. The van der Waals surface area contributed by atoms with Gasteiger partial charge in [-0.2, -0.15) is 10.2 Å². The number of piperazine rings is 1. The molecule has 0 bridgehead atoms. The molecule has 35 heavy (non-hydrogen) atoms. The van der Waals surface area contributed by atoms with Crippen molar-refractivity contribution in [3.8, 4) is 0 Å². The molecule has 4 rings (SSSR count). The zero-order valence-electron chi connectivity index (χ0n) is 21.8. The molecule has 2 aromatic rings. The largest absolute Gasteiger partial charge is 0.395 e. The van der Waals surface area contributed by atoms with Crippen molar-refractivity contribution in [3.63, 3.8) is 0 Å². The molecule has 1 fully saturated rings. The molecule has 0 aliphatic carbocycles. The maximum atomic E-state index is 12.7. The third kappa shape index (κ3) is 5.80. The number of aryl methyl sites for hydroxylation is 1. The Morgan fingerprint density at radius 3 is 2.43 bits per heavy atom. The van der Waals surface area contributed by atoms with Gasteiger partial charge in [0.05, 0.1) is 24.5 Å². The van der Waals surface area contributed by atoms with E-state index in [0.717, 1.165) is 49.5 Å². The second-order valence-electron chi connectivity index (χ2n) is 10.7. The van der Waals surface area contributed by atoms with Crippen molar-refractivity contribution in [1.29, 1.82) is 0 Å². The van der Waals surface area contributed by atoms with Gasteiger partial charge in [0.1, 0.15) is 0 Å². The number of β-amino-alcohol motifs (C(OH)–C–C–N with tert-alkyl or cyclic N) is 1. The van der Waals surface area contributed by atoms with E-state index >= 15 is 0 Å². The molecule has 1 saturated heterocycles. The first-order valence-corrected chi connectivity index (χ1v) is 12.7. The van der Waals surface area contributed by atoms with Gasteiger partial charge in [-0.25, -0.2) is 0 Å². The number of ketones is 1. The molecular formula is C28H39N5O2. The fourth-order valence-corrected chi connectivity index (χ4v) is 5.38. The van der Waals surface area contributed by atoms with Crippen LogP contribution in [0.25, 0.3) is 0 Å². The molecule has 7 heteroatoms. The molecule has 188 valence electrons. The predicted molar refractivity (Wildman–Crippen MR) is 142 cm³/mol. The quantitative estimate of drug-likeness (QED) is 0.452. The zero-order chi connectivity index (χ0) is 25.2. The number of likely N-dealkylation sites (N-methyl/N-ethyl adjacent to an activating group) is 1. The first-order valence-electron chi connectivity index (χ1n) is 12.7. The number of carbonyl (C=O) groups excluding carboxylic acids is 1. The number of Topliss-reactive ketones (excluding diaryl/α,β-unsaturated/α-hetero) is 1. The van der Waals surface area contributed by atoms with Gasteiger partial charge in [-0.05, 0) is 87.7 Å². The van der Waals surface area contributed by atoms with Crippen LogP contribution in [-0.2, 0) is 0 Å². The van der Waals surface area contributed by atoms with E-state index in [4.69, 9.17) is 0 Å². The second kappa shape index (κ2) is 10.6. The summed E-state index contributed by atoms with van der Waals surface area (Å²) in [5.74, 6) is 0.544. The minimum Gasteiger partial charge on any atom is -0.395 e. The van der Waals surface area contributed by atoms with Crippen LogP contribution in [0.15, 0.2) is 46.6 Å². The molecule has 0 saturated carbocycles. The number of anilines is 1. The van der Waals surface area contributed by atoms with Crippen LogP contribution >= 0.6 is 0 Å². The van der Waals surface area contributed by atoms with Crippen molar-refractivity contribution < 1.29 is 9.90 Å². The third-order valence-electron chi connectivity index (χ3n) is 7.45. The van der Waals surface area contributed by atoms with Crippen LogP contribution in [0.2, 0.25) is 0 Å². The Hall–Kier alpha value is -2.61. The van der Waals surface area contributed by atoms with E-state index in [1.807, 2.05) is 24.3 Å². The van der Waals surface area contributed by atoms with Gasteiger partial charge in [-0.3, -0.25) is 9.69 Å². The van der Waals surface area contributed by atoms with Gasteiger partial charge < -0.3 is 14.9 Å². The monoisotopic (exact) mass is 477 g/mol. The normalized spacial score (nSPS) is 20.9. The number of aliphatic hydroxyl groups excluding tert-OH is 1. The lowest BCUT2D eigenvalue weighted by atomic mass is 9.79. The molecule has 1 atom stereocenters. The van der Waals surface area contributed by atoms with Crippen molar-refractivity contribution in [2.75, 3.05) is 57.8 Å². The highest BCUT2D eigenvalue weighted by Crippen LogP contribution is 2.45. The van der Waals surface area contributed by atoms with Crippen LogP contribution in [0.1, 0.15) is 54.6 Å². The Bertz CT molecular complexity index is 1070. The molecule has 2 heterocycles. The third-order valence-corrected chi connectivity index (χ3v) is 7.45. The minimum absolute atomic E-state index is 0.00580. The molecule has 0 aromatic heterocycles. The topological polar surface area (TPSA) is 71.7 Å². The highest BCUT2D eigenvalue weighted by atomic mass is 16.3. The van der Waals surface area contributed by atoms with Crippen LogP contribution in [-0.4, -0.2) is 79.2 Å². The van der Waals surface area contributed by atoms with Gasteiger partial charge in [-0.1, -0.05) is 6.92 Å². The fraction of sp³-hybridized carbons (Fsp3) is 0.536. The number of rotatable bonds is 7. The Kier molecular flexibility index (Phi) is 7.69. The summed E-state index contributed by atoms with van der Waals surface area (Å²) < 4.78 is 0. The van der Waals surface area contributed by atoms with Gasteiger partial charge in [0.15, 0.2) is 5.78 Å². The highest BCUT2D eigenvalue weighted by molar-refractivity contribution is 5.97. The minimum atomic E-state index is -0.00580. The molecule has 1 unspecified atom stereocenters. The van der Waals surface area contributed by atoms with E-state index < -0.39 is 0 Å². The molecule has 2 aliphatic rings. The maximum absolute atomic E-state index is 12.7. The van der Waals surface area contributed by atoms with Gasteiger partial charge in [0, 0.05) is 49.5 Å². The van der Waals surface area contributed by atoms with E-state index in [2.05, 4.69) is 71.8 Å². The van der Waals surface area contributed by atoms with Crippen molar-refractivity contribution in [2.45, 2.75) is 45.6 Å². The van der Waals surface area contributed by atoms with E-state index in [9.17, 15) is 9.90 Å². The fourth-order valence-electron chi connectivity index (χ4n) is 5.38. The van der Waals surface area contributed by atoms with Gasteiger partial charge in [0.2, 0.25) is 0 Å². The summed E-state index contributed by atoms with van der Waals surface area (Å²) in [6.07, 6.45) is 1.02. The van der Waals surface area contributed by atoms with Crippen LogP contribution in [0.4, 0.5) is 17.1 Å². The standard InChI is InChI=1S/C28H39N5O2/c1-20-16-26-24(21(2)18-28(3,4)33(26)14-15-34)17-25(20)30-29-23-8-6-22(7-9-23)27(35)19-32-12-10-31(5)11-13-32/h6-9,16-17,21,34H,10-15,18-19H2,1-5H3. The van der Waals surface area contributed by atoms with Gasteiger partial charge in [0.25, 0.3) is 0 Å². The Morgan fingerprint density at radius 2 is 1.77 bits per heavy atom. The molecule has 2 aliphatic heterocycles. The maximum Gasteiger partial charge on any atom is 0.176 e. The molecule has 0 radical (unpaired) electrons. The van der Waals surface area contributed by atoms with E-state index in [-0.39, 0.29) is 17.9 Å². The van der Waals surface area contributed by atoms with Crippen molar-refractivity contribution in [3.05, 3.63) is 53.1 Å². The van der Waals surface area contributed by atoms with E-state index in [1.54, 1.807) is 0 Å². The molecule has 7 nitrogen and oxygen atoms in total. The number of aliphatic hydroxyl groups is 1. The molecule has 1 N–H and O–H groups in total. The average molecular weight is 478 g/mol. The first kappa shape index (κ1) is 25.5. The zero-order valence-corrected chi connectivity index (χ0v) is 21.8. The molecule has 0 amide bonds. The number of fused-ring (bicyclic) bond motifs is 1. The lowest BCUT2D eigenvalue weighted by molar-refractivity contribution is 0.0876. The number of azo groups is 1. The van der Waals surface area contributed by atoms with Crippen LogP contribution in [0.3, 0.4) is 0 Å². The van der Waals surface area contributed by atoms with Crippen molar-refractivity contribution >= 4 is 22.8 Å². The second-order valence-corrected chi connectivity index (χ2v) is 10.7. The number of hydrogen-bond acceptors (Lipinski definition) is 7. The summed E-state index contributed by atoms with van der Waals surface area (Å²) in [4.78, 5) is 19.5. The van der Waals surface area contributed by atoms with Crippen LogP contribution < -0.4 is 4.90 Å². The summed E-state index contributed by atoms with van der Waals surface area (Å²) in [7, 11) is 2.12. The molecule has 0 spiro atoms. The first-order chi connectivity index (χ1) is 16.7. The number of carbonyl (C=O) groups is 1. The van der Waals surface area contributed by atoms with Crippen LogP contribution in [0, 0.1) is 6.92 Å². The molecule has 2 aromatic carbocycles. The Balaban J connectivity index is 1.47. The van der Waals surface area contributed by atoms with E-state index in [1.165, 1.54) is 11.3 Å². The smallest absolute Gasteiger partial charge is 0.176 e. The lowest BCUT2D eigenvalue weighted by Crippen LogP contribution is -2.49. The number of hydrogen-bond donors (Lipinski definition) is 1. The predicted octanol–water partition coefficient (Wildman–Crippen LogP) is 4.93. The number of benzene rings is 2. The number of nitrogens with zero attached hydrogens (tertiary/aromatic N) is 5. The highest BCUT2D eigenvalue weighted by Gasteiger charge is 2.36. The van der Waals surface area contributed by atoms with Crippen molar-refractivity contribution in [1.82, 2.24) is 9.80 Å². The summed E-state index contributed by atoms with van der Waals surface area (Å²) in [5.41, 5.74) is 5.79. The summed E-state index contributed by atoms with van der Waals surface area (Å²) in [6, 6.07) is 11.8. The van der Waals surface area contributed by atoms with E-state index in [0.29, 0.717) is 24.6 Å². The summed E-state index contributed by atoms with van der Waals surface area (Å²) in [6.45, 7) is 13.9. The Labute approximate surface area is 209 Å². The SMILES string of the molecule is Cc1cc2c(cc1N=Nc1ccc(C(=O)CN3CCN(C)CC3)cc1)C(C)CC(C)(C)N2CCO. The Morgan fingerprint density at radius 1 is 1.09 bits per heavy atom.